The number of rotatable bonds is 2. The molecular formula is C14H20N4O. The lowest BCUT2D eigenvalue weighted by Crippen LogP contribution is -2.41. The molecule has 2 saturated carbocycles. The molecule has 0 aromatic carbocycles. The highest BCUT2D eigenvalue weighted by molar-refractivity contribution is 5.88. The van der Waals surface area contributed by atoms with Crippen LogP contribution in [-0.4, -0.2) is 22.0 Å². The number of hydrogen-bond acceptors (Lipinski definition) is 3. The van der Waals surface area contributed by atoms with Crippen molar-refractivity contribution in [2.75, 3.05) is 5.32 Å². The average Bonchev–Trinajstić information content (AvgIpc) is 2.68. The van der Waals surface area contributed by atoms with E-state index in [1.165, 1.54) is 19.3 Å². The Labute approximate surface area is 113 Å². The Morgan fingerprint density at radius 2 is 2.00 bits per heavy atom. The van der Waals surface area contributed by atoms with Crippen LogP contribution >= 0.6 is 0 Å². The summed E-state index contributed by atoms with van der Waals surface area (Å²) in [5.41, 5.74) is 0. The SMILES string of the molecule is Cc1nccc(NC(=O)NC2CC3CCC(C3)C2)n1. The molecular weight excluding hydrogens is 240 g/mol. The first-order chi connectivity index (χ1) is 9.19. The van der Waals surface area contributed by atoms with Crippen molar-refractivity contribution in [3.8, 4) is 0 Å². The number of nitrogens with zero attached hydrogens (tertiary/aromatic N) is 2. The van der Waals surface area contributed by atoms with Gasteiger partial charge < -0.3 is 5.32 Å². The Balaban J connectivity index is 1.54. The number of nitrogens with one attached hydrogen (secondary N) is 2. The molecule has 1 aromatic heterocycles. The van der Waals surface area contributed by atoms with E-state index in [1.807, 2.05) is 6.92 Å². The number of anilines is 1. The third kappa shape index (κ3) is 3.03. The van der Waals surface area contributed by atoms with Gasteiger partial charge in [0.25, 0.3) is 0 Å². The molecule has 5 nitrogen and oxygen atoms in total. The Hall–Kier alpha value is -1.65. The lowest BCUT2D eigenvalue weighted by molar-refractivity contribution is 0.235. The molecule has 0 aliphatic heterocycles. The summed E-state index contributed by atoms with van der Waals surface area (Å²) >= 11 is 0. The molecule has 1 aromatic rings. The summed E-state index contributed by atoms with van der Waals surface area (Å²) in [5, 5.41) is 5.86. The van der Waals surface area contributed by atoms with Crippen molar-refractivity contribution in [1.82, 2.24) is 15.3 Å². The molecule has 3 rings (SSSR count). The van der Waals surface area contributed by atoms with Gasteiger partial charge in [-0.05, 0) is 44.1 Å². The van der Waals surface area contributed by atoms with Gasteiger partial charge >= 0.3 is 6.03 Å². The van der Waals surface area contributed by atoms with Crippen LogP contribution in [0.25, 0.3) is 0 Å². The molecule has 102 valence electrons. The molecule has 2 unspecified atom stereocenters. The largest absolute Gasteiger partial charge is 0.335 e. The van der Waals surface area contributed by atoms with Gasteiger partial charge in [-0.2, -0.15) is 0 Å². The van der Waals surface area contributed by atoms with Gasteiger partial charge in [0.15, 0.2) is 0 Å². The molecule has 2 fully saturated rings. The molecule has 2 N–H and O–H groups in total. The average molecular weight is 260 g/mol. The molecule has 2 aliphatic carbocycles. The van der Waals surface area contributed by atoms with E-state index < -0.39 is 0 Å². The fraction of sp³-hybridized carbons (Fsp3) is 0.643. The van der Waals surface area contributed by atoms with E-state index in [-0.39, 0.29) is 6.03 Å². The number of carbonyl (C=O) groups excluding carboxylic acids is 1. The van der Waals surface area contributed by atoms with Crippen LogP contribution in [-0.2, 0) is 0 Å². The summed E-state index contributed by atoms with van der Waals surface area (Å²) < 4.78 is 0. The topological polar surface area (TPSA) is 66.9 Å². The summed E-state index contributed by atoms with van der Waals surface area (Å²) in [6, 6.07) is 1.88. The van der Waals surface area contributed by atoms with Crippen LogP contribution in [0.4, 0.5) is 10.6 Å². The Morgan fingerprint density at radius 1 is 1.26 bits per heavy atom. The predicted molar refractivity (Wildman–Crippen MR) is 72.8 cm³/mol. The quantitative estimate of drug-likeness (QED) is 0.858. The second kappa shape index (κ2) is 5.15. The van der Waals surface area contributed by atoms with E-state index in [2.05, 4.69) is 20.6 Å². The second-order valence-corrected chi connectivity index (χ2v) is 5.80. The second-order valence-electron chi connectivity index (χ2n) is 5.80. The molecule has 2 bridgehead atoms. The maximum Gasteiger partial charge on any atom is 0.320 e. The van der Waals surface area contributed by atoms with Crippen LogP contribution in [0.5, 0.6) is 0 Å². The van der Waals surface area contributed by atoms with E-state index in [4.69, 9.17) is 0 Å². The lowest BCUT2D eigenvalue weighted by atomic mass is 9.85. The standard InChI is InChI=1S/C14H20N4O/c1-9-15-5-4-13(16-9)18-14(19)17-12-7-10-2-3-11(6-10)8-12/h4-5,10-12H,2-3,6-8H2,1H3,(H2,15,16,17,18,19). The Kier molecular flexibility index (Phi) is 3.36. The highest BCUT2D eigenvalue weighted by atomic mass is 16.2. The predicted octanol–water partition coefficient (Wildman–Crippen LogP) is 2.49. The first-order valence-electron chi connectivity index (χ1n) is 7.06. The smallest absolute Gasteiger partial charge is 0.320 e. The van der Waals surface area contributed by atoms with E-state index in [0.29, 0.717) is 17.7 Å². The number of hydrogen-bond donors (Lipinski definition) is 2. The molecule has 0 spiro atoms. The molecule has 1 heterocycles. The summed E-state index contributed by atoms with van der Waals surface area (Å²) in [6.45, 7) is 1.81. The first kappa shape index (κ1) is 12.4. The van der Waals surface area contributed by atoms with Crippen LogP contribution in [0, 0.1) is 18.8 Å². The van der Waals surface area contributed by atoms with Crippen molar-refractivity contribution in [2.24, 2.45) is 11.8 Å². The van der Waals surface area contributed by atoms with Crippen LogP contribution in [0.15, 0.2) is 12.3 Å². The zero-order valence-electron chi connectivity index (χ0n) is 11.2. The van der Waals surface area contributed by atoms with Crippen LogP contribution in [0.2, 0.25) is 0 Å². The fourth-order valence-corrected chi connectivity index (χ4v) is 3.49. The van der Waals surface area contributed by atoms with Crippen molar-refractivity contribution in [2.45, 2.75) is 45.1 Å². The number of amides is 2. The minimum Gasteiger partial charge on any atom is -0.335 e. The van der Waals surface area contributed by atoms with Gasteiger partial charge in [-0.1, -0.05) is 12.8 Å². The normalized spacial score (nSPS) is 29.0. The van der Waals surface area contributed by atoms with Crippen LogP contribution in [0.3, 0.4) is 0 Å². The van der Waals surface area contributed by atoms with Gasteiger partial charge in [0, 0.05) is 12.2 Å². The maximum atomic E-state index is 11.9. The van der Waals surface area contributed by atoms with Crippen molar-refractivity contribution in [1.29, 1.82) is 0 Å². The summed E-state index contributed by atoms with van der Waals surface area (Å²) in [6.07, 6.45) is 7.97. The highest BCUT2D eigenvalue weighted by Gasteiger charge is 2.34. The number of aromatic nitrogens is 2. The van der Waals surface area contributed by atoms with Crippen molar-refractivity contribution in [3.05, 3.63) is 18.1 Å². The van der Waals surface area contributed by atoms with Crippen LogP contribution in [0.1, 0.15) is 37.9 Å². The van der Waals surface area contributed by atoms with Crippen molar-refractivity contribution < 1.29 is 4.79 Å². The molecule has 19 heavy (non-hydrogen) atoms. The van der Waals surface area contributed by atoms with Gasteiger partial charge in [0.2, 0.25) is 0 Å². The third-order valence-electron chi connectivity index (χ3n) is 4.24. The van der Waals surface area contributed by atoms with Crippen molar-refractivity contribution >= 4 is 11.8 Å². The zero-order valence-corrected chi connectivity index (χ0v) is 11.2. The fourth-order valence-electron chi connectivity index (χ4n) is 3.49. The third-order valence-corrected chi connectivity index (χ3v) is 4.24. The van der Waals surface area contributed by atoms with Crippen molar-refractivity contribution in [3.63, 3.8) is 0 Å². The van der Waals surface area contributed by atoms with Gasteiger partial charge in [0.1, 0.15) is 11.6 Å². The van der Waals surface area contributed by atoms with Gasteiger partial charge in [0.05, 0.1) is 0 Å². The molecule has 2 amide bonds. The van der Waals surface area contributed by atoms with Gasteiger partial charge in [-0.3, -0.25) is 5.32 Å². The molecule has 2 aliphatic rings. The minimum absolute atomic E-state index is 0.149. The number of fused-ring (bicyclic) bond motifs is 2. The zero-order chi connectivity index (χ0) is 13.2. The molecule has 2 atom stereocenters. The number of carbonyl (C=O) groups is 1. The van der Waals surface area contributed by atoms with Gasteiger partial charge in [-0.25, -0.2) is 14.8 Å². The Morgan fingerprint density at radius 3 is 2.68 bits per heavy atom. The highest BCUT2D eigenvalue weighted by Crippen LogP contribution is 2.41. The Bertz CT molecular complexity index is 464. The summed E-state index contributed by atoms with van der Waals surface area (Å²) in [4.78, 5) is 20.1. The molecule has 0 saturated heterocycles. The van der Waals surface area contributed by atoms with E-state index >= 15 is 0 Å². The number of urea groups is 1. The molecule has 5 heteroatoms. The first-order valence-corrected chi connectivity index (χ1v) is 7.06. The van der Waals surface area contributed by atoms with Gasteiger partial charge in [-0.15, -0.1) is 0 Å². The van der Waals surface area contributed by atoms with Crippen LogP contribution < -0.4 is 10.6 Å². The lowest BCUT2D eigenvalue weighted by Gasteiger charge is -2.28. The summed E-state index contributed by atoms with van der Waals surface area (Å²) in [7, 11) is 0. The van der Waals surface area contributed by atoms with E-state index in [0.717, 1.165) is 24.7 Å². The maximum absolute atomic E-state index is 11.9. The number of aryl methyl sites for hydroxylation is 1. The van der Waals surface area contributed by atoms with E-state index in [1.54, 1.807) is 12.3 Å². The molecule has 0 radical (unpaired) electrons. The monoisotopic (exact) mass is 260 g/mol. The minimum atomic E-state index is -0.149. The summed E-state index contributed by atoms with van der Waals surface area (Å²) in [5.74, 6) is 2.87. The van der Waals surface area contributed by atoms with E-state index in [9.17, 15) is 4.79 Å².